The maximum Gasteiger partial charge on any atom is 0.163 e. The Kier molecular flexibility index (Phi) is 7.19. The number of aromatic hydroxyl groups is 1. The number of anilines is 2. The molecule has 2 aromatic carbocycles. The molecule has 3 rings (SSSR count). The summed E-state index contributed by atoms with van der Waals surface area (Å²) in [6.07, 6.45) is 1.36. The minimum atomic E-state index is -0.497. The van der Waals surface area contributed by atoms with Crippen LogP contribution in [0.15, 0.2) is 30.6 Å². The quantitative estimate of drug-likeness (QED) is 0.571. The van der Waals surface area contributed by atoms with Gasteiger partial charge in [-0.3, -0.25) is 0 Å². The Morgan fingerprint density at radius 3 is 2.57 bits per heavy atom. The molecule has 0 spiro atoms. The summed E-state index contributed by atoms with van der Waals surface area (Å²) in [7, 11) is 3.12. The molecule has 0 radical (unpaired) electrons. The predicted molar refractivity (Wildman–Crippen MR) is 107 cm³/mol. The number of benzene rings is 2. The molecule has 0 aliphatic carbocycles. The van der Waals surface area contributed by atoms with Crippen molar-refractivity contribution in [1.82, 2.24) is 9.97 Å². The lowest BCUT2D eigenvalue weighted by atomic mass is 10.1. The topological polar surface area (TPSA) is 85.7 Å². The number of aryl methyl sites for hydroxylation is 1. The van der Waals surface area contributed by atoms with E-state index >= 15 is 0 Å². The first-order valence-corrected chi connectivity index (χ1v) is 8.24. The minimum absolute atomic E-state index is 0. The largest absolute Gasteiger partial charge is 0.508 e. The third kappa shape index (κ3) is 4.52. The van der Waals surface area contributed by atoms with E-state index in [0.29, 0.717) is 47.0 Å². The lowest BCUT2D eigenvalue weighted by molar-refractivity contribution is 0.144. The molecule has 28 heavy (non-hydrogen) atoms. The maximum atomic E-state index is 14.2. The predicted octanol–water partition coefficient (Wildman–Crippen LogP) is 3.98. The molecule has 9 heteroatoms. The molecule has 150 valence electrons. The van der Waals surface area contributed by atoms with Gasteiger partial charge in [-0.25, -0.2) is 14.4 Å². The fourth-order valence-electron chi connectivity index (χ4n) is 2.56. The number of ether oxygens (including phenoxy) is 3. The van der Waals surface area contributed by atoms with Crippen molar-refractivity contribution >= 4 is 34.8 Å². The van der Waals surface area contributed by atoms with Gasteiger partial charge in [-0.05, 0) is 24.6 Å². The number of aromatic nitrogens is 2. The van der Waals surface area contributed by atoms with Crippen molar-refractivity contribution < 1.29 is 23.7 Å². The zero-order chi connectivity index (χ0) is 19.4. The zero-order valence-electron chi connectivity index (χ0n) is 15.7. The van der Waals surface area contributed by atoms with Crippen molar-refractivity contribution in [2.75, 3.05) is 32.8 Å². The molecule has 0 unspecified atom stereocenters. The van der Waals surface area contributed by atoms with Gasteiger partial charge in [0.1, 0.15) is 30.3 Å². The van der Waals surface area contributed by atoms with Gasteiger partial charge >= 0.3 is 0 Å². The van der Waals surface area contributed by atoms with E-state index in [9.17, 15) is 9.50 Å². The van der Waals surface area contributed by atoms with Crippen LogP contribution >= 0.6 is 12.4 Å². The van der Waals surface area contributed by atoms with Crippen molar-refractivity contribution in [3.63, 3.8) is 0 Å². The normalized spacial score (nSPS) is 10.4. The molecule has 1 aromatic heterocycles. The molecule has 7 nitrogen and oxygen atoms in total. The van der Waals surface area contributed by atoms with E-state index in [-0.39, 0.29) is 23.8 Å². The van der Waals surface area contributed by atoms with Crippen LogP contribution in [0, 0.1) is 12.7 Å². The van der Waals surface area contributed by atoms with Crippen molar-refractivity contribution in [3.8, 4) is 17.2 Å². The molecule has 0 aliphatic heterocycles. The zero-order valence-corrected chi connectivity index (χ0v) is 16.5. The van der Waals surface area contributed by atoms with Crippen LogP contribution in [0.1, 0.15) is 5.56 Å². The second kappa shape index (κ2) is 9.38. The van der Waals surface area contributed by atoms with Gasteiger partial charge < -0.3 is 24.6 Å². The molecular formula is C19H21ClFN3O4. The highest BCUT2D eigenvalue weighted by Gasteiger charge is 2.14. The lowest BCUT2D eigenvalue weighted by Crippen LogP contribution is -2.06. The Balaban J connectivity index is 0.00000280. The Bertz CT molecular complexity index is 972. The van der Waals surface area contributed by atoms with Crippen LogP contribution < -0.4 is 14.8 Å². The van der Waals surface area contributed by atoms with Crippen molar-refractivity contribution in [3.05, 3.63) is 42.0 Å². The number of phenolic OH excluding ortho intramolecular Hbond substituents is 1. The number of rotatable bonds is 7. The van der Waals surface area contributed by atoms with E-state index in [1.165, 1.54) is 25.6 Å². The monoisotopic (exact) mass is 409 g/mol. The van der Waals surface area contributed by atoms with Gasteiger partial charge in [0.25, 0.3) is 0 Å². The second-order valence-corrected chi connectivity index (χ2v) is 5.83. The fraction of sp³-hybridized carbons (Fsp3) is 0.263. The lowest BCUT2D eigenvalue weighted by Gasteiger charge is -2.14. The molecule has 0 saturated carbocycles. The summed E-state index contributed by atoms with van der Waals surface area (Å²) in [5.74, 6) is 0.880. The molecule has 0 bridgehead atoms. The fourth-order valence-corrected chi connectivity index (χ4v) is 2.56. The van der Waals surface area contributed by atoms with Crippen LogP contribution in [-0.2, 0) is 4.74 Å². The Hall–Kier alpha value is -2.84. The van der Waals surface area contributed by atoms with Gasteiger partial charge in [-0.2, -0.15) is 0 Å². The van der Waals surface area contributed by atoms with Crippen molar-refractivity contribution in [1.29, 1.82) is 0 Å². The van der Waals surface area contributed by atoms with E-state index in [4.69, 9.17) is 14.2 Å². The minimum Gasteiger partial charge on any atom is -0.508 e. The number of hydrogen-bond donors (Lipinski definition) is 2. The maximum absolute atomic E-state index is 14.2. The van der Waals surface area contributed by atoms with Gasteiger partial charge in [0, 0.05) is 24.6 Å². The molecule has 0 amide bonds. The highest BCUT2D eigenvalue weighted by molar-refractivity contribution is 5.93. The second-order valence-electron chi connectivity index (χ2n) is 5.83. The smallest absolute Gasteiger partial charge is 0.163 e. The van der Waals surface area contributed by atoms with Gasteiger partial charge in [0.05, 0.1) is 24.9 Å². The first-order valence-electron chi connectivity index (χ1n) is 8.24. The van der Waals surface area contributed by atoms with E-state index in [2.05, 4.69) is 15.3 Å². The van der Waals surface area contributed by atoms with E-state index in [1.807, 2.05) is 0 Å². The third-order valence-electron chi connectivity index (χ3n) is 4.00. The Morgan fingerprint density at radius 2 is 1.86 bits per heavy atom. The Morgan fingerprint density at radius 1 is 1.07 bits per heavy atom. The summed E-state index contributed by atoms with van der Waals surface area (Å²) >= 11 is 0. The third-order valence-corrected chi connectivity index (χ3v) is 4.00. The molecular weight excluding hydrogens is 389 g/mol. The first-order chi connectivity index (χ1) is 13.0. The number of fused-ring (bicyclic) bond motifs is 1. The Labute approximate surface area is 167 Å². The average Bonchev–Trinajstić information content (AvgIpc) is 2.66. The van der Waals surface area contributed by atoms with E-state index < -0.39 is 5.82 Å². The van der Waals surface area contributed by atoms with Gasteiger partial charge in [0.2, 0.25) is 0 Å². The SMILES string of the molecule is COCCOc1cc2ncnc(Nc3cc(O)c(C)cc3F)c2cc1OC.Cl. The van der Waals surface area contributed by atoms with Crippen molar-refractivity contribution in [2.45, 2.75) is 6.92 Å². The summed E-state index contributed by atoms with van der Waals surface area (Å²) in [6.45, 7) is 2.43. The molecule has 0 saturated heterocycles. The van der Waals surface area contributed by atoms with Crippen LogP contribution in [0.25, 0.3) is 10.9 Å². The van der Waals surface area contributed by atoms with E-state index in [1.54, 1.807) is 26.2 Å². The van der Waals surface area contributed by atoms with Crippen LogP contribution in [0.4, 0.5) is 15.9 Å². The molecule has 0 aliphatic rings. The summed E-state index contributed by atoms with van der Waals surface area (Å²) in [5, 5.41) is 13.4. The number of methoxy groups -OCH3 is 2. The summed E-state index contributed by atoms with van der Waals surface area (Å²) < 4.78 is 30.3. The molecule has 0 fully saturated rings. The van der Waals surface area contributed by atoms with Crippen LogP contribution in [0.2, 0.25) is 0 Å². The number of halogens is 2. The summed E-state index contributed by atoms with van der Waals surface area (Å²) in [5.41, 5.74) is 1.15. The van der Waals surface area contributed by atoms with Crippen LogP contribution in [0.3, 0.4) is 0 Å². The van der Waals surface area contributed by atoms with Crippen LogP contribution in [0.5, 0.6) is 17.2 Å². The van der Waals surface area contributed by atoms with E-state index in [0.717, 1.165) is 0 Å². The summed E-state index contributed by atoms with van der Waals surface area (Å²) in [4.78, 5) is 8.43. The molecule has 1 heterocycles. The number of hydrogen-bond acceptors (Lipinski definition) is 7. The number of phenols is 1. The number of nitrogens with zero attached hydrogens (tertiary/aromatic N) is 2. The van der Waals surface area contributed by atoms with Crippen LogP contribution in [-0.4, -0.2) is 42.5 Å². The first kappa shape index (κ1) is 21.5. The molecule has 0 atom stereocenters. The summed E-state index contributed by atoms with van der Waals surface area (Å²) in [6, 6.07) is 6.01. The highest BCUT2D eigenvalue weighted by atomic mass is 35.5. The average molecular weight is 410 g/mol. The number of nitrogens with one attached hydrogen (secondary N) is 1. The molecule has 3 aromatic rings. The van der Waals surface area contributed by atoms with Gasteiger partial charge in [-0.1, -0.05) is 0 Å². The molecule has 2 N–H and O–H groups in total. The highest BCUT2D eigenvalue weighted by Crippen LogP contribution is 2.35. The van der Waals surface area contributed by atoms with Crippen molar-refractivity contribution in [2.24, 2.45) is 0 Å². The van der Waals surface area contributed by atoms with Gasteiger partial charge in [-0.15, -0.1) is 12.4 Å². The van der Waals surface area contributed by atoms with Gasteiger partial charge in [0.15, 0.2) is 11.5 Å². The standard InChI is InChI=1S/C19H20FN3O4.ClH/c1-11-6-13(20)15(8-16(11)24)23-19-12-7-17(26-3)18(27-5-4-25-2)9-14(12)21-10-22-19;/h6-10,24H,4-5H2,1-3H3,(H,21,22,23);1H.